The molecule has 1 N–H and O–H groups in total. The molecule has 1 aromatic carbocycles. The first-order valence-corrected chi connectivity index (χ1v) is 8.60. The number of carbonyl (C=O) groups is 2. The van der Waals surface area contributed by atoms with Crippen LogP contribution in [0, 0.1) is 17.7 Å². The van der Waals surface area contributed by atoms with Gasteiger partial charge in [-0.05, 0) is 42.9 Å². The van der Waals surface area contributed by atoms with Crippen LogP contribution < -0.4 is 5.32 Å². The molecule has 3 amide bonds. The Labute approximate surface area is 146 Å². The van der Waals surface area contributed by atoms with Crippen LogP contribution in [0.25, 0.3) is 0 Å². The molecule has 1 aromatic rings. The lowest BCUT2D eigenvalue weighted by Gasteiger charge is -2.20. The van der Waals surface area contributed by atoms with Crippen LogP contribution in [0.3, 0.4) is 0 Å². The number of urea groups is 1. The van der Waals surface area contributed by atoms with E-state index in [2.05, 4.69) is 5.32 Å². The highest BCUT2D eigenvalue weighted by Gasteiger charge is 2.33. The third kappa shape index (κ3) is 3.92. The van der Waals surface area contributed by atoms with Crippen LogP contribution in [0.5, 0.6) is 0 Å². The van der Waals surface area contributed by atoms with Crippen molar-refractivity contribution in [3.63, 3.8) is 0 Å². The van der Waals surface area contributed by atoms with Crippen molar-refractivity contribution in [2.24, 2.45) is 11.8 Å². The summed E-state index contributed by atoms with van der Waals surface area (Å²) < 4.78 is 19.3. The van der Waals surface area contributed by atoms with Gasteiger partial charge in [0.25, 0.3) is 5.91 Å². The number of rotatable bonds is 3. The Kier molecular flexibility index (Phi) is 5.22. The number of amides is 3. The second-order valence-corrected chi connectivity index (χ2v) is 6.94. The normalized spacial score (nSPS) is 22.9. The minimum Gasteiger partial charge on any atom is -0.381 e. The molecule has 2 fully saturated rings. The molecule has 2 aliphatic heterocycles. The molecule has 0 spiro atoms. The van der Waals surface area contributed by atoms with Crippen molar-refractivity contribution in [1.29, 1.82) is 0 Å². The first kappa shape index (κ1) is 17.7. The maximum Gasteiger partial charge on any atom is 0.321 e. The highest BCUT2D eigenvalue weighted by Crippen LogP contribution is 2.30. The van der Waals surface area contributed by atoms with E-state index in [9.17, 15) is 14.0 Å². The third-order valence-electron chi connectivity index (χ3n) is 5.00. The number of carbonyl (C=O) groups excluding carboxylic acids is 2. The number of hydrogen-bond acceptors (Lipinski definition) is 3. The molecule has 136 valence electrons. The second-order valence-electron chi connectivity index (χ2n) is 6.94. The fourth-order valence-electron chi connectivity index (χ4n) is 3.49. The molecule has 7 heteroatoms. The van der Waals surface area contributed by atoms with Gasteiger partial charge in [0.15, 0.2) is 0 Å². The maximum atomic E-state index is 13.9. The van der Waals surface area contributed by atoms with Crippen LogP contribution >= 0.6 is 0 Å². The van der Waals surface area contributed by atoms with Crippen LogP contribution in [-0.4, -0.2) is 62.1 Å². The predicted molar refractivity (Wildman–Crippen MR) is 92.0 cm³/mol. The molecule has 0 saturated carbocycles. The molecule has 25 heavy (non-hydrogen) atoms. The number of halogens is 1. The van der Waals surface area contributed by atoms with Crippen molar-refractivity contribution < 1.29 is 18.7 Å². The van der Waals surface area contributed by atoms with E-state index in [1.807, 2.05) is 0 Å². The van der Waals surface area contributed by atoms with E-state index < -0.39 is 11.7 Å². The molecule has 3 rings (SSSR count). The number of hydrogen-bond donors (Lipinski definition) is 1. The summed E-state index contributed by atoms with van der Waals surface area (Å²) in [5, 5.41) is 2.77. The van der Waals surface area contributed by atoms with Gasteiger partial charge in [-0.25, -0.2) is 9.18 Å². The molecular formula is C18H24FN3O3. The summed E-state index contributed by atoms with van der Waals surface area (Å²) in [5.41, 5.74) is 0.370. The van der Waals surface area contributed by atoms with Crippen molar-refractivity contribution >= 4 is 17.6 Å². The SMILES string of the molecule is CN(C)C(=O)c1cc(NC(=O)N2CC[C@@H]([C@H]3CCOC3)C2)ccc1F. The van der Waals surface area contributed by atoms with Crippen LogP contribution in [0.15, 0.2) is 18.2 Å². The summed E-state index contributed by atoms with van der Waals surface area (Å²) in [5.74, 6) is -0.0180. The molecule has 0 radical (unpaired) electrons. The smallest absolute Gasteiger partial charge is 0.321 e. The van der Waals surface area contributed by atoms with Gasteiger partial charge in [0.1, 0.15) is 5.82 Å². The van der Waals surface area contributed by atoms with Gasteiger partial charge in [-0.1, -0.05) is 0 Å². The highest BCUT2D eigenvalue weighted by atomic mass is 19.1. The third-order valence-corrected chi connectivity index (χ3v) is 5.00. The Morgan fingerprint density at radius 3 is 2.76 bits per heavy atom. The topological polar surface area (TPSA) is 61.9 Å². The van der Waals surface area contributed by atoms with Crippen LogP contribution in [-0.2, 0) is 4.74 Å². The van der Waals surface area contributed by atoms with Gasteiger partial charge in [-0.3, -0.25) is 4.79 Å². The van der Waals surface area contributed by atoms with Gasteiger partial charge in [-0.15, -0.1) is 0 Å². The number of ether oxygens (including phenoxy) is 1. The average molecular weight is 349 g/mol. The van der Waals surface area contributed by atoms with Gasteiger partial charge in [0, 0.05) is 46.1 Å². The fourth-order valence-corrected chi connectivity index (χ4v) is 3.49. The highest BCUT2D eigenvalue weighted by molar-refractivity contribution is 5.97. The molecule has 6 nitrogen and oxygen atoms in total. The zero-order valence-corrected chi connectivity index (χ0v) is 14.6. The number of nitrogens with one attached hydrogen (secondary N) is 1. The number of anilines is 1. The molecule has 0 bridgehead atoms. The van der Waals surface area contributed by atoms with Crippen LogP contribution in [0.4, 0.5) is 14.9 Å². The molecule has 2 heterocycles. The molecule has 0 aliphatic carbocycles. The predicted octanol–water partition coefficient (Wildman–Crippen LogP) is 2.42. The van der Waals surface area contributed by atoms with E-state index in [-0.39, 0.29) is 11.6 Å². The van der Waals surface area contributed by atoms with Crippen molar-refractivity contribution in [2.75, 3.05) is 45.7 Å². The Hall–Kier alpha value is -2.15. The first-order valence-electron chi connectivity index (χ1n) is 8.60. The summed E-state index contributed by atoms with van der Waals surface area (Å²) >= 11 is 0. The number of nitrogens with zero attached hydrogens (tertiary/aromatic N) is 2. The second kappa shape index (κ2) is 7.39. The van der Waals surface area contributed by atoms with E-state index in [1.165, 1.54) is 23.1 Å². The van der Waals surface area contributed by atoms with E-state index in [0.29, 0.717) is 30.6 Å². The zero-order valence-electron chi connectivity index (χ0n) is 14.6. The van der Waals surface area contributed by atoms with Crippen LogP contribution in [0.2, 0.25) is 0 Å². The molecule has 2 atom stereocenters. The van der Waals surface area contributed by atoms with Crippen molar-refractivity contribution in [1.82, 2.24) is 9.80 Å². The van der Waals surface area contributed by atoms with Gasteiger partial charge >= 0.3 is 6.03 Å². The molecule has 2 saturated heterocycles. The van der Waals surface area contributed by atoms with E-state index >= 15 is 0 Å². The van der Waals surface area contributed by atoms with E-state index in [4.69, 9.17) is 4.74 Å². The summed E-state index contributed by atoms with van der Waals surface area (Å²) in [7, 11) is 3.12. The first-order chi connectivity index (χ1) is 12.0. The molecular weight excluding hydrogens is 325 g/mol. The summed E-state index contributed by atoms with van der Waals surface area (Å²) in [6.07, 6.45) is 2.04. The lowest BCUT2D eigenvalue weighted by atomic mass is 9.91. The van der Waals surface area contributed by atoms with Gasteiger partial charge < -0.3 is 19.9 Å². The summed E-state index contributed by atoms with van der Waals surface area (Å²) in [6.45, 7) is 3.02. The quantitative estimate of drug-likeness (QED) is 0.912. The standard InChI is InChI=1S/C18H24FN3O3/c1-21(2)17(23)15-9-14(3-4-16(15)19)20-18(24)22-7-5-12(10-22)13-6-8-25-11-13/h3-4,9,12-13H,5-8,10-11H2,1-2H3,(H,20,24)/t12-,13+/m1/s1. The zero-order chi connectivity index (χ0) is 18.0. The minimum absolute atomic E-state index is 0.0507. The van der Waals surface area contributed by atoms with Crippen LogP contribution in [0.1, 0.15) is 23.2 Å². The summed E-state index contributed by atoms with van der Waals surface area (Å²) in [4.78, 5) is 27.6. The monoisotopic (exact) mass is 349 g/mol. The summed E-state index contributed by atoms with van der Waals surface area (Å²) in [6, 6.07) is 3.84. The van der Waals surface area contributed by atoms with Gasteiger partial charge in [-0.2, -0.15) is 0 Å². The van der Waals surface area contributed by atoms with E-state index in [0.717, 1.165) is 26.1 Å². The van der Waals surface area contributed by atoms with Crippen molar-refractivity contribution in [3.05, 3.63) is 29.6 Å². The largest absolute Gasteiger partial charge is 0.381 e. The maximum absolute atomic E-state index is 13.9. The Balaban J connectivity index is 1.63. The van der Waals surface area contributed by atoms with Gasteiger partial charge in [0.2, 0.25) is 0 Å². The average Bonchev–Trinajstić information content (AvgIpc) is 3.26. The Morgan fingerprint density at radius 2 is 2.08 bits per heavy atom. The van der Waals surface area contributed by atoms with Gasteiger partial charge in [0.05, 0.1) is 5.56 Å². The number of likely N-dealkylation sites (tertiary alicyclic amines) is 1. The molecule has 0 aromatic heterocycles. The Morgan fingerprint density at radius 1 is 1.28 bits per heavy atom. The Bertz CT molecular complexity index is 659. The van der Waals surface area contributed by atoms with Crippen molar-refractivity contribution in [2.45, 2.75) is 12.8 Å². The van der Waals surface area contributed by atoms with E-state index in [1.54, 1.807) is 19.0 Å². The minimum atomic E-state index is -0.598. The lowest BCUT2D eigenvalue weighted by molar-refractivity contribution is 0.0823. The lowest BCUT2D eigenvalue weighted by Crippen LogP contribution is -2.34. The fraction of sp³-hybridized carbons (Fsp3) is 0.556. The van der Waals surface area contributed by atoms with Crippen molar-refractivity contribution in [3.8, 4) is 0 Å². The number of benzene rings is 1. The molecule has 2 aliphatic rings. The molecule has 0 unspecified atom stereocenters.